The number of carbonyl (C=O) groups excluding carboxylic acids is 1. The molecular formula is C23H27N3O7S. The number of imidazole rings is 1. The Bertz CT molecular complexity index is 1300. The van der Waals surface area contributed by atoms with Crippen LogP contribution in [0.5, 0.6) is 11.5 Å². The predicted molar refractivity (Wildman–Crippen MR) is 124 cm³/mol. The van der Waals surface area contributed by atoms with Crippen LogP contribution in [0.3, 0.4) is 0 Å². The van der Waals surface area contributed by atoms with Gasteiger partial charge in [-0.05, 0) is 37.3 Å². The number of methoxy groups -OCH3 is 2. The molecular weight excluding hydrogens is 462 g/mol. The Morgan fingerprint density at radius 3 is 2.56 bits per heavy atom. The van der Waals surface area contributed by atoms with Gasteiger partial charge in [-0.3, -0.25) is 0 Å². The van der Waals surface area contributed by atoms with Gasteiger partial charge < -0.3 is 23.5 Å². The normalized spacial score (nSPS) is 14.8. The summed E-state index contributed by atoms with van der Waals surface area (Å²) < 4.78 is 50.7. The lowest BCUT2D eigenvalue weighted by atomic mass is 10.2. The molecule has 0 spiro atoms. The van der Waals surface area contributed by atoms with Crippen molar-refractivity contribution in [2.24, 2.45) is 0 Å². The van der Waals surface area contributed by atoms with E-state index in [1.807, 2.05) is 11.5 Å². The lowest BCUT2D eigenvalue weighted by Gasteiger charge is -2.26. The van der Waals surface area contributed by atoms with Gasteiger partial charge in [0, 0.05) is 19.6 Å². The predicted octanol–water partition coefficient (Wildman–Crippen LogP) is 2.45. The third-order valence-electron chi connectivity index (χ3n) is 5.68. The number of benzene rings is 2. The van der Waals surface area contributed by atoms with Gasteiger partial charge >= 0.3 is 5.97 Å². The molecule has 2 aromatic carbocycles. The molecule has 0 amide bonds. The van der Waals surface area contributed by atoms with Crippen LogP contribution in [0, 0.1) is 0 Å². The molecule has 3 aromatic rings. The van der Waals surface area contributed by atoms with E-state index in [-0.39, 0.29) is 22.8 Å². The van der Waals surface area contributed by atoms with Crippen LogP contribution in [0.2, 0.25) is 0 Å². The van der Waals surface area contributed by atoms with Crippen molar-refractivity contribution in [1.29, 1.82) is 0 Å². The second-order valence-corrected chi connectivity index (χ2v) is 9.49. The summed E-state index contributed by atoms with van der Waals surface area (Å²) in [5.41, 5.74) is 1.51. The molecule has 0 atom stereocenters. The first-order valence-electron chi connectivity index (χ1n) is 10.9. The summed E-state index contributed by atoms with van der Waals surface area (Å²) in [7, 11) is -0.705. The van der Waals surface area contributed by atoms with Crippen molar-refractivity contribution in [3.05, 3.63) is 47.8 Å². The fourth-order valence-electron chi connectivity index (χ4n) is 3.97. The number of carbonyl (C=O) groups is 1. The van der Waals surface area contributed by atoms with Crippen LogP contribution in [-0.4, -0.2) is 68.8 Å². The number of aryl methyl sites for hydroxylation is 1. The number of hydrogen-bond donors (Lipinski definition) is 0. The molecule has 2 heterocycles. The molecule has 0 unspecified atom stereocenters. The molecule has 0 N–H and O–H groups in total. The van der Waals surface area contributed by atoms with Gasteiger partial charge in [0.25, 0.3) is 0 Å². The van der Waals surface area contributed by atoms with Crippen LogP contribution >= 0.6 is 0 Å². The van der Waals surface area contributed by atoms with Gasteiger partial charge in [-0.25, -0.2) is 18.2 Å². The molecule has 1 aliphatic heterocycles. The fraction of sp³-hybridized carbons (Fsp3) is 0.391. The van der Waals surface area contributed by atoms with Crippen molar-refractivity contribution in [2.45, 2.75) is 25.0 Å². The smallest absolute Gasteiger partial charge is 0.342 e. The van der Waals surface area contributed by atoms with Gasteiger partial charge in [-0.15, -0.1) is 0 Å². The minimum Gasteiger partial charge on any atom is -0.493 e. The lowest BCUT2D eigenvalue weighted by molar-refractivity contribution is 0.0454. The largest absolute Gasteiger partial charge is 0.493 e. The third-order valence-corrected chi connectivity index (χ3v) is 7.57. The molecule has 34 heavy (non-hydrogen) atoms. The van der Waals surface area contributed by atoms with E-state index in [2.05, 4.69) is 4.98 Å². The van der Waals surface area contributed by atoms with E-state index in [9.17, 15) is 13.2 Å². The van der Waals surface area contributed by atoms with Crippen molar-refractivity contribution in [2.75, 3.05) is 40.5 Å². The molecule has 4 rings (SSSR count). The van der Waals surface area contributed by atoms with Crippen molar-refractivity contribution < 1.29 is 32.2 Å². The number of ether oxygens (including phenoxy) is 4. The first-order valence-corrected chi connectivity index (χ1v) is 12.3. The summed E-state index contributed by atoms with van der Waals surface area (Å²) in [5.74, 6) is 0.637. The second kappa shape index (κ2) is 10.00. The second-order valence-electron chi connectivity index (χ2n) is 7.56. The minimum absolute atomic E-state index is 0.0900. The summed E-state index contributed by atoms with van der Waals surface area (Å²) in [4.78, 5) is 17.5. The fourth-order valence-corrected chi connectivity index (χ4v) is 5.40. The number of morpholine rings is 1. The number of nitrogens with zero attached hydrogens (tertiary/aromatic N) is 3. The zero-order valence-electron chi connectivity index (χ0n) is 19.3. The number of sulfonamides is 1. The van der Waals surface area contributed by atoms with Crippen LogP contribution < -0.4 is 9.47 Å². The number of fused-ring (bicyclic) bond motifs is 1. The highest BCUT2D eigenvalue weighted by Gasteiger charge is 2.27. The number of hydrogen-bond acceptors (Lipinski definition) is 8. The standard InChI is InChI=1S/C23H27N3O7S/c1-4-26-19-9-8-16(34(28,29)25-10-12-32-13-11-25)14-18(19)24-21(26)15-33-23(27)17-6-5-7-20(30-2)22(17)31-3/h5-9,14H,4,10-13,15H2,1-3H3. The number of para-hydroxylation sites is 1. The topological polar surface area (TPSA) is 109 Å². The molecule has 1 aliphatic rings. The van der Waals surface area contributed by atoms with Gasteiger partial charge in [0.1, 0.15) is 18.0 Å². The summed E-state index contributed by atoms with van der Waals surface area (Å²) in [6, 6.07) is 9.83. The van der Waals surface area contributed by atoms with Crippen LogP contribution in [0.25, 0.3) is 11.0 Å². The first kappa shape index (κ1) is 24.0. The van der Waals surface area contributed by atoms with E-state index in [1.165, 1.54) is 18.5 Å². The average molecular weight is 490 g/mol. The van der Waals surface area contributed by atoms with Gasteiger partial charge in [0.2, 0.25) is 10.0 Å². The maximum atomic E-state index is 13.0. The van der Waals surface area contributed by atoms with Crippen LogP contribution in [0.4, 0.5) is 0 Å². The van der Waals surface area contributed by atoms with E-state index in [4.69, 9.17) is 18.9 Å². The van der Waals surface area contributed by atoms with Crippen molar-refractivity contribution in [1.82, 2.24) is 13.9 Å². The highest BCUT2D eigenvalue weighted by Crippen LogP contribution is 2.31. The first-order chi connectivity index (χ1) is 16.4. The molecule has 1 fully saturated rings. The molecule has 1 aromatic heterocycles. The van der Waals surface area contributed by atoms with Crippen molar-refractivity contribution in [3.63, 3.8) is 0 Å². The van der Waals surface area contributed by atoms with Crippen LogP contribution in [0.1, 0.15) is 23.1 Å². The third kappa shape index (κ3) is 4.46. The zero-order valence-corrected chi connectivity index (χ0v) is 20.1. The molecule has 0 radical (unpaired) electrons. The van der Waals surface area contributed by atoms with Crippen LogP contribution in [-0.2, 0) is 32.6 Å². The quantitative estimate of drug-likeness (QED) is 0.444. The number of rotatable bonds is 8. The highest BCUT2D eigenvalue weighted by molar-refractivity contribution is 7.89. The molecule has 0 bridgehead atoms. The number of aromatic nitrogens is 2. The summed E-state index contributed by atoms with van der Waals surface area (Å²) in [6.45, 7) is 3.81. The van der Waals surface area contributed by atoms with Crippen LogP contribution in [0.15, 0.2) is 41.3 Å². The summed E-state index contributed by atoms with van der Waals surface area (Å²) in [6.07, 6.45) is 0. The Morgan fingerprint density at radius 2 is 1.88 bits per heavy atom. The molecule has 0 aliphatic carbocycles. The van der Waals surface area contributed by atoms with E-state index < -0.39 is 16.0 Å². The van der Waals surface area contributed by atoms with E-state index in [1.54, 1.807) is 36.4 Å². The lowest BCUT2D eigenvalue weighted by Crippen LogP contribution is -2.40. The molecule has 11 heteroatoms. The van der Waals surface area contributed by atoms with Crippen molar-refractivity contribution >= 4 is 27.0 Å². The van der Waals surface area contributed by atoms with Crippen molar-refractivity contribution in [3.8, 4) is 11.5 Å². The molecule has 1 saturated heterocycles. The Balaban J connectivity index is 1.59. The zero-order chi connectivity index (χ0) is 24.3. The van der Waals surface area contributed by atoms with Gasteiger partial charge in [-0.2, -0.15) is 4.31 Å². The van der Waals surface area contributed by atoms with Gasteiger partial charge in [0.05, 0.1) is 43.4 Å². The Labute approximate surface area is 198 Å². The molecule has 10 nitrogen and oxygen atoms in total. The summed E-state index contributed by atoms with van der Waals surface area (Å²) in [5, 5.41) is 0. The van der Waals surface area contributed by atoms with E-state index >= 15 is 0 Å². The monoisotopic (exact) mass is 489 g/mol. The Kier molecular flexibility index (Phi) is 7.05. The van der Waals surface area contributed by atoms with Gasteiger partial charge in [0.15, 0.2) is 11.5 Å². The average Bonchev–Trinajstić information content (AvgIpc) is 3.23. The maximum absolute atomic E-state index is 13.0. The number of esters is 1. The molecule has 0 saturated carbocycles. The van der Waals surface area contributed by atoms with Gasteiger partial charge in [-0.1, -0.05) is 6.07 Å². The van der Waals surface area contributed by atoms with E-state index in [0.29, 0.717) is 49.9 Å². The minimum atomic E-state index is -3.65. The Hall–Kier alpha value is -3.15. The molecule has 182 valence electrons. The van der Waals surface area contributed by atoms with E-state index in [0.717, 1.165) is 5.52 Å². The SMILES string of the molecule is CCn1c(COC(=O)c2cccc(OC)c2OC)nc2cc(S(=O)(=O)N3CCOCC3)ccc21. The Morgan fingerprint density at radius 1 is 1.12 bits per heavy atom. The summed E-state index contributed by atoms with van der Waals surface area (Å²) >= 11 is 0. The highest BCUT2D eigenvalue weighted by atomic mass is 32.2. The maximum Gasteiger partial charge on any atom is 0.342 e.